The highest BCUT2D eigenvalue weighted by atomic mass is 35.5. The smallest absolute Gasteiger partial charge is 0.262 e. The van der Waals surface area contributed by atoms with Gasteiger partial charge in [0, 0.05) is 73.2 Å². The Morgan fingerprint density at radius 2 is 1.93 bits per heavy atom. The first kappa shape index (κ1) is 39.3. The van der Waals surface area contributed by atoms with E-state index in [1.807, 2.05) is 31.2 Å². The zero-order chi connectivity index (χ0) is 38.4. The van der Waals surface area contributed by atoms with Gasteiger partial charge in [-0.1, -0.05) is 50.1 Å². The first-order valence-corrected chi connectivity index (χ1v) is 23.4. The Labute approximate surface area is 335 Å². The van der Waals surface area contributed by atoms with Crippen LogP contribution in [0.3, 0.4) is 0 Å². The fraction of sp³-hybridized carbons (Fsp3) is 0.644. The molecular weight excluding hydrogens is 728 g/mol. The van der Waals surface area contributed by atoms with Crippen molar-refractivity contribution in [2.24, 2.45) is 17.8 Å². The molecule has 2 bridgehead atoms. The van der Waals surface area contributed by atoms with Gasteiger partial charge in [-0.15, -0.1) is 0 Å². The minimum Gasteiger partial charge on any atom is -0.490 e. The first-order valence-electron chi connectivity index (χ1n) is 21.3. The van der Waals surface area contributed by atoms with Gasteiger partial charge in [-0.05, 0) is 136 Å². The number of aryl methyl sites for hydroxylation is 1. The number of piperazine rings is 1. The lowest BCUT2D eigenvalue weighted by atomic mass is 9.63. The highest BCUT2D eigenvalue weighted by molar-refractivity contribution is 7.99. The predicted molar refractivity (Wildman–Crippen MR) is 226 cm³/mol. The quantitative estimate of drug-likeness (QED) is 0.248. The molecular formula is C45H63ClN4O4S. The molecule has 2 aliphatic carbocycles. The van der Waals surface area contributed by atoms with E-state index in [1.165, 1.54) is 36.9 Å². The summed E-state index contributed by atoms with van der Waals surface area (Å²) < 4.78 is 31.1. The largest absolute Gasteiger partial charge is 0.490 e. The Bertz CT molecular complexity index is 1870. The van der Waals surface area contributed by atoms with E-state index in [2.05, 4.69) is 63.4 Å². The third kappa shape index (κ3) is 7.86. The molecule has 3 fully saturated rings. The summed E-state index contributed by atoms with van der Waals surface area (Å²) in [5.74, 6) is 5.33. The Kier molecular flexibility index (Phi) is 11.4. The topological polar surface area (TPSA) is 74.4 Å². The van der Waals surface area contributed by atoms with Crippen molar-refractivity contribution in [2.75, 3.05) is 63.9 Å². The summed E-state index contributed by atoms with van der Waals surface area (Å²) in [6.07, 6.45) is 15.7. The van der Waals surface area contributed by atoms with Gasteiger partial charge in [-0.3, -0.25) is 19.3 Å². The normalized spacial score (nSPS) is 36.3. The van der Waals surface area contributed by atoms with Crippen molar-refractivity contribution in [2.45, 2.75) is 107 Å². The Morgan fingerprint density at radius 3 is 2.75 bits per heavy atom. The van der Waals surface area contributed by atoms with Crippen LogP contribution in [0.15, 0.2) is 48.6 Å². The monoisotopic (exact) mass is 790 g/mol. The lowest BCUT2D eigenvalue weighted by Gasteiger charge is -2.53. The Morgan fingerprint density at radius 1 is 1.05 bits per heavy atom. The van der Waals surface area contributed by atoms with Gasteiger partial charge in [0.15, 0.2) is 0 Å². The average molecular weight is 792 g/mol. The van der Waals surface area contributed by atoms with Gasteiger partial charge in [0.1, 0.15) is 11.4 Å². The number of benzene rings is 2. The summed E-state index contributed by atoms with van der Waals surface area (Å²) >= 11 is 6.55. The van der Waals surface area contributed by atoms with Crippen LogP contribution in [0.5, 0.6) is 5.75 Å². The maximum absolute atomic E-state index is 14.2. The highest BCUT2D eigenvalue weighted by Gasteiger charge is 2.50. The Balaban J connectivity index is 1.20. The summed E-state index contributed by atoms with van der Waals surface area (Å²) in [6.45, 7) is 14.6. The fourth-order valence-electron chi connectivity index (χ4n) is 10.8. The van der Waals surface area contributed by atoms with E-state index < -0.39 is 15.3 Å². The number of rotatable bonds is 5. The molecule has 0 radical (unpaired) electrons. The first-order chi connectivity index (χ1) is 26.5. The van der Waals surface area contributed by atoms with Crippen LogP contribution in [0.25, 0.3) is 0 Å². The molecule has 2 aromatic carbocycles. The summed E-state index contributed by atoms with van der Waals surface area (Å²) in [5.41, 5.74) is 3.40. The number of amides is 1. The van der Waals surface area contributed by atoms with Gasteiger partial charge in [-0.2, -0.15) is 0 Å². The molecule has 1 saturated carbocycles. The molecule has 10 heteroatoms. The second-order valence-corrected chi connectivity index (χ2v) is 20.8. The van der Waals surface area contributed by atoms with Crippen LogP contribution in [-0.4, -0.2) is 102 Å². The van der Waals surface area contributed by atoms with Crippen molar-refractivity contribution in [3.05, 3.63) is 70.3 Å². The van der Waals surface area contributed by atoms with Gasteiger partial charge < -0.3 is 14.4 Å². The number of piperidine rings is 1. The summed E-state index contributed by atoms with van der Waals surface area (Å²) in [6, 6.07) is 12.8. The number of ether oxygens (including phenoxy) is 2. The predicted octanol–water partition coefficient (Wildman–Crippen LogP) is 7.52. The number of fused-ring (bicyclic) bond motifs is 5. The van der Waals surface area contributed by atoms with E-state index in [9.17, 15) is 9.00 Å². The van der Waals surface area contributed by atoms with E-state index in [1.54, 1.807) is 0 Å². The number of nitrogens with zero attached hydrogens (tertiary/aromatic N) is 3. The van der Waals surface area contributed by atoms with Gasteiger partial charge in [-0.25, -0.2) is 4.21 Å². The highest BCUT2D eigenvalue weighted by Crippen LogP contribution is 2.49. The van der Waals surface area contributed by atoms with Crippen LogP contribution in [0.4, 0.5) is 5.69 Å². The van der Waals surface area contributed by atoms with E-state index >= 15 is 0 Å². The fourth-order valence-corrected chi connectivity index (χ4v) is 12.5. The standard InChI is InChI=1S/C45H63ClN4O4S/c1-5-24-54-45(30-48-22-23-49-21-7-6-12-38(49)28-48)20-8-10-32(2)33(3)55(4,52)47-43(51)35-14-18-42-41(26-35)50(27-36-13-16-40(36)45)29-44(31-53-42)19-9-11-34-25-37(46)15-17-39(34)44/h8,14-15,17-18,20,25-26,32-33,36,38,40H,4-7,9-13,16,19,21-24,27-31H2,1-3H3,(H,47,51,52)/b20-8+/t32-,33+,36-,38+,40+,44-,45-,55?/m0/s1. The number of halogens is 1. The van der Waals surface area contributed by atoms with Gasteiger partial charge >= 0.3 is 0 Å². The minimum atomic E-state index is -2.96. The van der Waals surface area contributed by atoms with Crippen molar-refractivity contribution in [1.82, 2.24) is 14.5 Å². The maximum atomic E-state index is 14.2. The van der Waals surface area contributed by atoms with Crippen molar-refractivity contribution in [3.63, 3.8) is 0 Å². The van der Waals surface area contributed by atoms with Gasteiger partial charge in [0.25, 0.3) is 5.91 Å². The number of anilines is 1. The minimum absolute atomic E-state index is 0.0432. The zero-order valence-corrected chi connectivity index (χ0v) is 35.0. The second-order valence-electron chi connectivity index (χ2n) is 17.9. The molecule has 8 rings (SSSR count). The SMILES string of the molecule is C=S1(=O)NC(=O)c2ccc3c(c2)N(C[C@@H]2CC[C@H]2[C@](CN2CCN4CCCC[C@@H]4C2)(OCCC)/C=C/C[C@H](C)[C@H]1C)C[C@@]1(CCCc2cc(Cl)ccc21)CO3. The van der Waals surface area contributed by atoms with Crippen LogP contribution in [0, 0.1) is 17.8 Å². The molecule has 2 aromatic rings. The average Bonchev–Trinajstić information content (AvgIpc) is 3.31. The van der Waals surface area contributed by atoms with Crippen LogP contribution in [0.1, 0.15) is 100 Å². The molecule has 8 nitrogen and oxygen atoms in total. The lowest BCUT2D eigenvalue weighted by molar-refractivity contribution is -0.119. The molecule has 1 N–H and O–H groups in total. The summed E-state index contributed by atoms with van der Waals surface area (Å²) in [4.78, 5) is 21.9. The maximum Gasteiger partial charge on any atom is 0.262 e. The lowest BCUT2D eigenvalue weighted by Crippen LogP contribution is -2.61. The van der Waals surface area contributed by atoms with E-state index in [0.29, 0.717) is 36.7 Å². The molecule has 300 valence electrons. The van der Waals surface area contributed by atoms with Crippen LogP contribution >= 0.6 is 11.6 Å². The molecule has 55 heavy (non-hydrogen) atoms. The molecule has 4 aliphatic heterocycles. The van der Waals surface area contributed by atoms with E-state index in [0.717, 1.165) is 101 Å². The van der Waals surface area contributed by atoms with Crippen molar-refractivity contribution >= 4 is 38.8 Å². The number of hydrogen-bond donors (Lipinski definition) is 1. The molecule has 4 heterocycles. The van der Waals surface area contributed by atoms with Gasteiger partial charge in [0.2, 0.25) is 0 Å². The zero-order valence-electron chi connectivity index (χ0n) is 33.4. The molecule has 2 saturated heterocycles. The van der Waals surface area contributed by atoms with Crippen molar-refractivity contribution < 1.29 is 18.5 Å². The molecule has 8 atom stereocenters. The number of allylic oxidation sites excluding steroid dienone is 1. The molecule has 0 aromatic heterocycles. The number of carbonyl (C=O) groups excluding carboxylic acids is 1. The third-order valence-electron chi connectivity index (χ3n) is 14.3. The molecule has 1 spiro atoms. The molecule has 1 amide bonds. The summed E-state index contributed by atoms with van der Waals surface area (Å²) in [7, 11) is -2.96. The van der Waals surface area contributed by atoms with Crippen LogP contribution in [-0.2, 0) is 26.3 Å². The summed E-state index contributed by atoms with van der Waals surface area (Å²) in [5, 5.41) is 0.454. The number of hydrogen-bond acceptors (Lipinski definition) is 7. The Hall–Kier alpha value is -2.56. The van der Waals surface area contributed by atoms with Crippen LogP contribution in [0.2, 0.25) is 5.02 Å². The van der Waals surface area contributed by atoms with E-state index in [4.69, 9.17) is 21.1 Å². The number of nitrogens with one attached hydrogen (secondary N) is 1. The number of carbonyl (C=O) groups is 1. The van der Waals surface area contributed by atoms with Crippen molar-refractivity contribution in [1.29, 1.82) is 0 Å². The molecule has 6 aliphatic rings. The second kappa shape index (κ2) is 16.0. The van der Waals surface area contributed by atoms with Crippen LogP contribution < -0.4 is 14.4 Å². The van der Waals surface area contributed by atoms with Gasteiger partial charge in [0.05, 0.1) is 22.0 Å². The third-order valence-corrected chi connectivity index (χ3v) is 16.8. The molecule has 1 unspecified atom stereocenters. The van der Waals surface area contributed by atoms with E-state index in [-0.39, 0.29) is 22.5 Å². The van der Waals surface area contributed by atoms with Crippen molar-refractivity contribution in [3.8, 4) is 5.75 Å².